The fraction of sp³-hybridized carbons (Fsp3) is 0.538. The molecule has 1 aromatic heterocycles. The van der Waals surface area contributed by atoms with Crippen LogP contribution in [0.3, 0.4) is 0 Å². The van der Waals surface area contributed by atoms with E-state index in [1.807, 2.05) is 6.07 Å². The average molecular weight is 220 g/mol. The molecule has 0 fully saturated rings. The summed E-state index contributed by atoms with van der Waals surface area (Å²) >= 11 is 0. The molecule has 0 spiro atoms. The Bertz CT molecular complexity index is 384. The van der Waals surface area contributed by atoms with Gasteiger partial charge in [0.25, 0.3) is 5.91 Å². The molecule has 1 heterocycles. The maximum absolute atomic E-state index is 11.5. The van der Waals surface area contributed by atoms with Crippen LogP contribution in [0.25, 0.3) is 0 Å². The smallest absolute Gasteiger partial charge is 0.250 e. The first-order valence-electron chi connectivity index (χ1n) is 5.71. The lowest BCUT2D eigenvalue weighted by atomic mass is 9.93. The summed E-state index contributed by atoms with van der Waals surface area (Å²) in [5.41, 5.74) is 7.89. The lowest BCUT2D eigenvalue weighted by Gasteiger charge is -2.14. The highest BCUT2D eigenvalue weighted by atomic mass is 16.1. The average Bonchev–Trinajstić information content (AvgIpc) is 2.15. The van der Waals surface area contributed by atoms with Crippen LogP contribution in [0.5, 0.6) is 0 Å². The highest BCUT2D eigenvalue weighted by molar-refractivity contribution is 5.95. The summed E-state index contributed by atoms with van der Waals surface area (Å²) in [6, 6.07) is 1.88. The first-order chi connectivity index (χ1) is 7.43. The minimum Gasteiger partial charge on any atom is -0.366 e. The number of rotatable bonds is 4. The van der Waals surface area contributed by atoms with Gasteiger partial charge in [0.05, 0.1) is 11.3 Å². The molecule has 0 unspecified atom stereocenters. The fourth-order valence-electron chi connectivity index (χ4n) is 1.83. The van der Waals surface area contributed by atoms with E-state index in [0.717, 1.165) is 17.7 Å². The van der Waals surface area contributed by atoms with Gasteiger partial charge in [-0.15, -0.1) is 0 Å². The monoisotopic (exact) mass is 220 g/mol. The molecule has 0 aliphatic carbocycles. The summed E-state index contributed by atoms with van der Waals surface area (Å²) in [6.07, 6.45) is 2.55. The van der Waals surface area contributed by atoms with Gasteiger partial charge in [0.2, 0.25) is 0 Å². The third-order valence-electron chi connectivity index (χ3n) is 2.53. The van der Waals surface area contributed by atoms with Crippen molar-refractivity contribution in [2.75, 3.05) is 0 Å². The molecule has 1 aromatic rings. The van der Waals surface area contributed by atoms with Crippen molar-refractivity contribution in [3.05, 3.63) is 29.1 Å². The number of primary amides is 1. The largest absolute Gasteiger partial charge is 0.366 e. The molecule has 0 aliphatic rings. The van der Waals surface area contributed by atoms with Crippen LogP contribution in [0.1, 0.15) is 55.2 Å². The van der Waals surface area contributed by atoms with Crippen LogP contribution < -0.4 is 5.73 Å². The van der Waals surface area contributed by atoms with E-state index in [-0.39, 0.29) is 11.8 Å². The summed E-state index contributed by atoms with van der Waals surface area (Å²) in [5.74, 6) is 0.386. The highest BCUT2D eigenvalue weighted by Crippen LogP contribution is 2.22. The van der Waals surface area contributed by atoms with E-state index in [0.29, 0.717) is 11.5 Å². The van der Waals surface area contributed by atoms with Crippen molar-refractivity contribution in [3.8, 4) is 0 Å². The molecule has 0 atom stereocenters. The molecule has 0 aromatic carbocycles. The Balaban J connectivity index is 3.27. The second-order valence-electron chi connectivity index (χ2n) is 4.84. The van der Waals surface area contributed by atoms with Gasteiger partial charge in [-0.05, 0) is 29.9 Å². The van der Waals surface area contributed by atoms with Gasteiger partial charge in [0.15, 0.2) is 0 Å². The highest BCUT2D eigenvalue weighted by Gasteiger charge is 2.17. The van der Waals surface area contributed by atoms with E-state index in [4.69, 9.17) is 5.73 Å². The van der Waals surface area contributed by atoms with E-state index in [9.17, 15) is 4.79 Å². The minimum absolute atomic E-state index is 0.288. The quantitative estimate of drug-likeness (QED) is 0.847. The third kappa shape index (κ3) is 2.81. The Morgan fingerprint density at radius 2 is 2.00 bits per heavy atom. The van der Waals surface area contributed by atoms with Crippen LogP contribution in [0.15, 0.2) is 12.3 Å². The number of hydrogen-bond acceptors (Lipinski definition) is 2. The molecule has 0 bridgehead atoms. The summed E-state index contributed by atoms with van der Waals surface area (Å²) in [7, 11) is 0. The van der Waals surface area contributed by atoms with Gasteiger partial charge in [-0.25, -0.2) is 0 Å². The number of carbonyl (C=O) groups excluding carboxylic acids is 1. The molecule has 88 valence electrons. The summed E-state index contributed by atoms with van der Waals surface area (Å²) in [6.45, 7) is 8.32. The Morgan fingerprint density at radius 3 is 2.44 bits per heavy atom. The van der Waals surface area contributed by atoms with Crippen molar-refractivity contribution in [1.29, 1.82) is 0 Å². The predicted octanol–water partition coefficient (Wildman–Crippen LogP) is 2.50. The number of amides is 1. The van der Waals surface area contributed by atoms with Crippen molar-refractivity contribution in [3.63, 3.8) is 0 Å². The SMILES string of the molecule is CC(C)Cc1nccc(C(C)C)c1C(N)=O. The molecule has 1 amide bonds. The Hall–Kier alpha value is -1.38. The van der Waals surface area contributed by atoms with Crippen LogP contribution in [-0.4, -0.2) is 10.9 Å². The molecular formula is C13H20N2O. The van der Waals surface area contributed by atoms with Gasteiger partial charge in [0.1, 0.15) is 0 Å². The second kappa shape index (κ2) is 5.10. The first kappa shape index (κ1) is 12.7. The van der Waals surface area contributed by atoms with Crippen LogP contribution in [-0.2, 0) is 6.42 Å². The van der Waals surface area contributed by atoms with Crippen LogP contribution in [0.2, 0.25) is 0 Å². The van der Waals surface area contributed by atoms with Crippen molar-refractivity contribution in [2.45, 2.75) is 40.0 Å². The van der Waals surface area contributed by atoms with Gasteiger partial charge in [-0.2, -0.15) is 0 Å². The van der Waals surface area contributed by atoms with Gasteiger partial charge < -0.3 is 5.73 Å². The molecule has 2 N–H and O–H groups in total. The molecule has 3 heteroatoms. The van der Waals surface area contributed by atoms with E-state index in [1.165, 1.54) is 0 Å². The Morgan fingerprint density at radius 1 is 1.38 bits per heavy atom. The standard InChI is InChI=1S/C13H20N2O/c1-8(2)7-11-12(13(14)16)10(9(3)4)5-6-15-11/h5-6,8-9H,7H2,1-4H3,(H2,14,16). The number of hydrogen-bond donors (Lipinski definition) is 1. The molecule has 1 rings (SSSR count). The molecule has 0 aliphatic heterocycles. The second-order valence-corrected chi connectivity index (χ2v) is 4.84. The van der Waals surface area contributed by atoms with E-state index in [2.05, 4.69) is 32.7 Å². The van der Waals surface area contributed by atoms with Crippen molar-refractivity contribution in [2.24, 2.45) is 11.7 Å². The van der Waals surface area contributed by atoms with E-state index >= 15 is 0 Å². The lowest BCUT2D eigenvalue weighted by Crippen LogP contribution is -2.19. The summed E-state index contributed by atoms with van der Waals surface area (Å²) in [4.78, 5) is 15.8. The van der Waals surface area contributed by atoms with E-state index in [1.54, 1.807) is 6.20 Å². The number of carbonyl (C=O) groups is 1. The number of nitrogens with zero attached hydrogens (tertiary/aromatic N) is 1. The van der Waals surface area contributed by atoms with Crippen LogP contribution >= 0.6 is 0 Å². The van der Waals surface area contributed by atoms with E-state index < -0.39 is 0 Å². The van der Waals surface area contributed by atoms with Gasteiger partial charge in [0, 0.05) is 6.20 Å². The third-order valence-corrected chi connectivity index (χ3v) is 2.53. The lowest BCUT2D eigenvalue weighted by molar-refractivity contribution is 0.0997. The Labute approximate surface area is 97.1 Å². The zero-order valence-electron chi connectivity index (χ0n) is 10.4. The Kier molecular flexibility index (Phi) is 4.05. The molecular weight excluding hydrogens is 200 g/mol. The fourth-order valence-corrected chi connectivity index (χ4v) is 1.83. The minimum atomic E-state index is -0.368. The molecule has 0 saturated carbocycles. The summed E-state index contributed by atoms with van der Waals surface area (Å²) in [5, 5.41) is 0. The maximum Gasteiger partial charge on any atom is 0.250 e. The molecule has 16 heavy (non-hydrogen) atoms. The number of nitrogens with two attached hydrogens (primary N) is 1. The van der Waals surface area contributed by atoms with Crippen LogP contribution in [0, 0.1) is 5.92 Å². The molecule has 3 nitrogen and oxygen atoms in total. The predicted molar refractivity (Wildman–Crippen MR) is 65.4 cm³/mol. The van der Waals surface area contributed by atoms with Crippen molar-refractivity contribution >= 4 is 5.91 Å². The zero-order valence-corrected chi connectivity index (χ0v) is 10.4. The van der Waals surface area contributed by atoms with Gasteiger partial charge in [-0.1, -0.05) is 27.7 Å². The number of aromatic nitrogens is 1. The molecule has 0 radical (unpaired) electrons. The van der Waals surface area contributed by atoms with Crippen LogP contribution in [0.4, 0.5) is 0 Å². The van der Waals surface area contributed by atoms with Crippen molar-refractivity contribution < 1.29 is 4.79 Å². The van der Waals surface area contributed by atoms with Gasteiger partial charge in [-0.3, -0.25) is 9.78 Å². The topological polar surface area (TPSA) is 56.0 Å². The molecule has 0 saturated heterocycles. The zero-order chi connectivity index (χ0) is 12.3. The first-order valence-corrected chi connectivity index (χ1v) is 5.71. The summed E-state index contributed by atoms with van der Waals surface area (Å²) < 4.78 is 0. The van der Waals surface area contributed by atoms with Gasteiger partial charge >= 0.3 is 0 Å². The normalized spacial score (nSPS) is 11.1. The van der Waals surface area contributed by atoms with Crippen molar-refractivity contribution in [1.82, 2.24) is 4.98 Å². The maximum atomic E-state index is 11.5. The number of pyridine rings is 1.